The van der Waals surface area contributed by atoms with Gasteiger partial charge in [0.2, 0.25) is 21.8 Å². The van der Waals surface area contributed by atoms with Gasteiger partial charge in [-0.3, -0.25) is 9.59 Å². The molecule has 1 atom stereocenters. The Balaban J connectivity index is 1.51. The lowest BCUT2D eigenvalue weighted by molar-refractivity contribution is -0.129. The minimum Gasteiger partial charge on any atom is -0.350 e. The van der Waals surface area contributed by atoms with Crippen LogP contribution in [0.5, 0.6) is 0 Å². The van der Waals surface area contributed by atoms with Gasteiger partial charge in [-0.05, 0) is 42.7 Å². The first-order valence-electron chi connectivity index (χ1n) is 9.70. The molecule has 160 valence electrons. The van der Waals surface area contributed by atoms with Crippen LogP contribution in [0.1, 0.15) is 18.4 Å². The van der Waals surface area contributed by atoms with Crippen LogP contribution in [0.2, 0.25) is 5.02 Å². The molecule has 2 aromatic carbocycles. The second-order valence-corrected chi connectivity index (χ2v) is 9.51. The summed E-state index contributed by atoms with van der Waals surface area (Å²) >= 11 is 5.84. The second-order valence-electron chi connectivity index (χ2n) is 7.14. The molecule has 0 radical (unpaired) electrons. The quantitative estimate of drug-likeness (QED) is 0.677. The number of carbonyl (C=O) groups excluding carboxylic acids is 2. The largest absolute Gasteiger partial charge is 0.350 e. The standard InChI is InChI=1S/C21H24ClN3O4S/c22-18-8-10-19(11-9-18)30(28,29)25-12-4-7-17(15-25)21(27)24-14-20(26)23-13-16-5-2-1-3-6-16/h1-3,5-6,8-11,17H,4,7,12-15H2,(H,23,26)(H,24,27)/t17-/m1/s1. The van der Waals surface area contributed by atoms with E-state index in [4.69, 9.17) is 11.6 Å². The topological polar surface area (TPSA) is 95.6 Å². The number of piperidine rings is 1. The van der Waals surface area contributed by atoms with Crippen LogP contribution < -0.4 is 10.6 Å². The molecule has 1 fully saturated rings. The predicted molar refractivity (Wildman–Crippen MR) is 114 cm³/mol. The van der Waals surface area contributed by atoms with Crippen LogP contribution in [0.4, 0.5) is 0 Å². The van der Waals surface area contributed by atoms with Crippen LogP contribution in [0.25, 0.3) is 0 Å². The Labute approximate surface area is 181 Å². The Morgan fingerprint density at radius 1 is 1.03 bits per heavy atom. The van der Waals surface area contributed by atoms with Crippen LogP contribution >= 0.6 is 11.6 Å². The summed E-state index contributed by atoms with van der Waals surface area (Å²) in [5.74, 6) is -1.11. The van der Waals surface area contributed by atoms with Gasteiger partial charge >= 0.3 is 0 Å². The molecule has 30 heavy (non-hydrogen) atoms. The van der Waals surface area contributed by atoms with E-state index in [2.05, 4.69) is 10.6 Å². The van der Waals surface area contributed by atoms with Crippen molar-refractivity contribution >= 4 is 33.4 Å². The number of amides is 2. The molecule has 1 heterocycles. The summed E-state index contributed by atoms with van der Waals surface area (Å²) in [7, 11) is -3.70. The molecule has 0 bridgehead atoms. The van der Waals surface area contributed by atoms with Crippen molar-refractivity contribution < 1.29 is 18.0 Å². The Bertz CT molecular complexity index is 981. The average Bonchev–Trinajstić information content (AvgIpc) is 2.77. The number of sulfonamides is 1. The summed E-state index contributed by atoms with van der Waals surface area (Å²) in [4.78, 5) is 24.6. The van der Waals surface area contributed by atoms with Gasteiger partial charge in [0.15, 0.2) is 0 Å². The predicted octanol–water partition coefficient (Wildman–Crippen LogP) is 2.17. The molecular formula is C21H24ClN3O4S. The van der Waals surface area contributed by atoms with Gasteiger partial charge in [0.25, 0.3) is 0 Å². The summed E-state index contributed by atoms with van der Waals surface area (Å²) in [6.45, 7) is 0.674. The first-order chi connectivity index (χ1) is 14.4. The summed E-state index contributed by atoms with van der Waals surface area (Å²) < 4.78 is 27.0. The van der Waals surface area contributed by atoms with Gasteiger partial charge in [-0.2, -0.15) is 4.31 Å². The summed E-state index contributed by atoms with van der Waals surface area (Å²) in [6.07, 6.45) is 1.15. The molecule has 2 N–H and O–H groups in total. The molecule has 1 saturated heterocycles. The zero-order chi connectivity index (χ0) is 21.6. The van der Waals surface area contributed by atoms with Crippen molar-refractivity contribution in [1.82, 2.24) is 14.9 Å². The van der Waals surface area contributed by atoms with Gasteiger partial charge in [-0.15, -0.1) is 0 Å². The van der Waals surface area contributed by atoms with Gasteiger partial charge in [0.05, 0.1) is 17.4 Å². The van der Waals surface area contributed by atoms with Crippen LogP contribution in [0.3, 0.4) is 0 Å². The van der Waals surface area contributed by atoms with Gasteiger partial charge in [-0.25, -0.2) is 8.42 Å². The van der Waals surface area contributed by atoms with E-state index in [1.54, 1.807) is 0 Å². The van der Waals surface area contributed by atoms with Crippen LogP contribution in [0, 0.1) is 5.92 Å². The highest BCUT2D eigenvalue weighted by molar-refractivity contribution is 7.89. The highest BCUT2D eigenvalue weighted by atomic mass is 35.5. The van der Waals surface area contributed by atoms with E-state index in [0.29, 0.717) is 31.0 Å². The Hall–Kier alpha value is -2.42. The highest BCUT2D eigenvalue weighted by Gasteiger charge is 2.33. The smallest absolute Gasteiger partial charge is 0.243 e. The molecule has 0 spiro atoms. The molecule has 3 rings (SSSR count). The normalized spacial score (nSPS) is 17.3. The molecule has 2 amide bonds. The summed E-state index contributed by atoms with van der Waals surface area (Å²) in [5, 5.41) is 5.82. The first-order valence-corrected chi connectivity index (χ1v) is 11.5. The third kappa shape index (κ3) is 5.81. The van der Waals surface area contributed by atoms with Crippen molar-refractivity contribution in [3.8, 4) is 0 Å². The molecule has 9 heteroatoms. The van der Waals surface area contributed by atoms with E-state index in [-0.39, 0.29) is 29.8 Å². The number of hydrogen-bond acceptors (Lipinski definition) is 4. The van der Waals surface area contributed by atoms with E-state index in [1.165, 1.54) is 28.6 Å². The van der Waals surface area contributed by atoms with Crippen molar-refractivity contribution in [2.45, 2.75) is 24.3 Å². The number of hydrogen-bond donors (Lipinski definition) is 2. The Morgan fingerprint density at radius 2 is 1.73 bits per heavy atom. The fraction of sp³-hybridized carbons (Fsp3) is 0.333. The van der Waals surface area contributed by atoms with Crippen LogP contribution in [0.15, 0.2) is 59.5 Å². The minimum absolute atomic E-state index is 0.0857. The number of carbonyl (C=O) groups is 2. The number of rotatable bonds is 7. The van der Waals surface area contributed by atoms with Crippen molar-refractivity contribution in [3.05, 3.63) is 65.2 Å². The number of nitrogens with zero attached hydrogens (tertiary/aromatic N) is 1. The maximum atomic E-state index is 12.8. The van der Waals surface area contributed by atoms with Crippen LogP contribution in [-0.4, -0.2) is 44.2 Å². The number of nitrogens with one attached hydrogen (secondary N) is 2. The molecule has 0 aliphatic carbocycles. The maximum Gasteiger partial charge on any atom is 0.243 e. The van der Waals surface area contributed by atoms with Crippen LogP contribution in [-0.2, 0) is 26.2 Å². The third-order valence-electron chi connectivity index (χ3n) is 4.96. The van der Waals surface area contributed by atoms with Crippen molar-refractivity contribution in [1.29, 1.82) is 0 Å². The fourth-order valence-electron chi connectivity index (χ4n) is 3.30. The zero-order valence-corrected chi connectivity index (χ0v) is 18.0. The first kappa shape index (κ1) is 22.3. The van der Waals surface area contributed by atoms with Crippen molar-refractivity contribution in [3.63, 3.8) is 0 Å². The van der Waals surface area contributed by atoms with Gasteiger partial charge in [0, 0.05) is 24.7 Å². The summed E-state index contributed by atoms with van der Waals surface area (Å²) in [6, 6.07) is 15.4. The summed E-state index contributed by atoms with van der Waals surface area (Å²) in [5.41, 5.74) is 0.965. The third-order valence-corrected chi connectivity index (χ3v) is 7.09. The zero-order valence-electron chi connectivity index (χ0n) is 16.4. The SMILES string of the molecule is O=C(CNC(=O)[C@@H]1CCCN(S(=O)(=O)c2ccc(Cl)cc2)C1)NCc1ccccc1. The van der Waals surface area contributed by atoms with E-state index in [0.717, 1.165) is 5.56 Å². The number of halogens is 1. The fourth-order valence-corrected chi connectivity index (χ4v) is 4.95. The molecule has 7 nitrogen and oxygen atoms in total. The van der Waals surface area contributed by atoms with Crippen molar-refractivity contribution in [2.24, 2.45) is 5.92 Å². The maximum absolute atomic E-state index is 12.8. The van der Waals surface area contributed by atoms with E-state index in [9.17, 15) is 18.0 Å². The lowest BCUT2D eigenvalue weighted by Crippen LogP contribution is -2.47. The molecule has 0 saturated carbocycles. The van der Waals surface area contributed by atoms with Gasteiger partial charge in [-0.1, -0.05) is 41.9 Å². The highest BCUT2D eigenvalue weighted by Crippen LogP contribution is 2.24. The van der Waals surface area contributed by atoms with Gasteiger partial charge in [0.1, 0.15) is 0 Å². The average molecular weight is 450 g/mol. The second kappa shape index (κ2) is 10.1. The molecule has 1 aliphatic rings. The Kier molecular flexibility index (Phi) is 7.47. The van der Waals surface area contributed by atoms with Gasteiger partial charge < -0.3 is 10.6 Å². The molecule has 2 aromatic rings. The lowest BCUT2D eigenvalue weighted by atomic mass is 9.99. The molecule has 0 unspecified atom stereocenters. The van der Waals surface area contributed by atoms with Crippen molar-refractivity contribution in [2.75, 3.05) is 19.6 Å². The number of benzene rings is 2. The monoisotopic (exact) mass is 449 g/mol. The van der Waals surface area contributed by atoms with E-state index < -0.39 is 15.9 Å². The molecule has 1 aliphatic heterocycles. The molecular weight excluding hydrogens is 426 g/mol. The van der Waals surface area contributed by atoms with E-state index >= 15 is 0 Å². The van der Waals surface area contributed by atoms with E-state index in [1.807, 2.05) is 30.3 Å². The lowest BCUT2D eigenvalue weighted by Gasteiger charge is -2.31. The Morgan fingerprint density at radius 3 is 2.43 bits per heavy atom. The minimum atomic E-state index is -3.70. The molecule has 0 aromatic heterocycles.